The molecule has 3 nitrogen and oxygen atoms in total. The third-order valence-corrected chi connectivity index (χ3v) is 13.2. The molecule has 3 aromatic carbocycles. The fourth-order valence-electron chi connectivity index (χ4n) is 5.71. The molecule has 0 saturated carbocycles. The second kappa shape index (κ2) is 16.8. The van der Waals surface area contributed by atoms with Gasteiger partial charge in [0.25, 0.3) is 0 Å². The second-order valence-electron chi connectivity index (χ2n) is 14.0. The van der Waals surface area contributed by atoms with E-state index in [1.165, 1.54) is 27.4 Å². The van der Waals surface area contributed by atoms with Gasteiger partial charge in [0.05, 0.1) is 0 Å². The molecule has 1 N–H and O–H groups in total. The number of aliphatic hydroxyl groups excluding tert-OH is 1. The molecular weight excluding hydrogens is 759 g/mol. The smallest absolute Gasteiger partial charge is 0.162 e. The molecule has 0 aliphatic carbocycles. The largest absolute Gasteiger partial charge is 0.512 e. The summed E-state index contributed by atoms with van der Waals surface area (Å²) < 4.78 is 0. The molecular formula is C41H54IrNO2Si-. The standard InChI is InChI=1S/C27H28NSi.C14H26O2.Ir/c1-27(2,3)25-18-21(17-20-11-9-10-14-24(20)25)26-19-23(15-16-28-26)29(4,5)22-12-7-6-8-13-22;1-6-11(7-2)12(15)10-13(16)14(5,8-3)9-4;/h6-16,18-19H,1-5H3;10-11,16H,6-9H2,1-5H3;/q-1;;/b;13-10-;. The zero-order valence-electron chi connectivity index (χ0n) is 29.6. The summed E-state index contributed by atoms with van der Waals surface area (Å²) in [5, 5.41) is 15.3. The quantitative estimate of drug-likeness (QED) is 0.0751. The maximum atomic E-state index is 11.9. The van der Waals surface area contributed by atoms with Gasteiger partial charge in [-0.1, -0.05) is 144 Å². The van der Waals surface area contributed by atoms with Gasteiger partial charge in [-0.15, -0.1) is 29.1 Å². The second-order valence-corrected chi connectivity index (χ2v) is 18.4. The van der Waals surface area contributed by atoms with Crippen molar-refractivity contribution in [2.75, 3.05) is 0 Å². The van der Waals surface area contributed by atoms with Crippen LogP contribution in [-0.2, 0) is 30.3 Å². The molecule has 5 heteroatoms. The molecule has 0 fully saturated rings. The van der Waals surface area contributed by atoms with Crippen LogP contribution in [0.5, 0.6) is 0 Å². The van der Waals surface area contributed by atoms with Crippen LogP contribution in [-0.4, -0.2) is 23.9 Å². The number of nitrogens with zero attached hydrogens (tertiary/aromatic N) is 1. The van der Waals surface area contributed by atoms with Crippen molar-refractivity contribution in [3.8, 4) is 11.3 Å². The van der Waals surface area contributed by atoms with Crippen molar-refractivity contribution in [1.82, 2.24) is 4.98 Å². The zero-order chi connectivity index (χ0) is 33.4. The fourth-order valence-corrected chi connectivity index (χ4v) is 8.05. The van der Waals surface area contributed by atoms with Gasteiger partial charge in [-0.25, -0.2) is 0 Å². The number of benzene rings is 3. The van der Waals surface area contributed by atoms with Crippen LogP contribution < -0.4 is 10.4 Å². The van der Waals surface area contributed by atoms with Crippen LogP contribution in [0.2, 0.25) is 13.1 Å². The summed E-state index contributed by atoms with van der Waals surface area (Å²) in [6.45, 7) is 21.7. The van der Waals surface area contributed by atoms with Crippen LogP contribution in [0.3, 0.4) is 0 Å². The summed E-state index contributed by atoms with van der Waals surface area (Å²) >= 11 is 0. The Labute approximate surface area is 293 Å². The topological polar surface area (TPSA) is 50.2 Å². The molecule has 0 saturated heterocycles. The van der Waals surface area contributed by atoms with Crippen LogP contribution >= 0.6 is 0 Å². The van der Waals surface area contributed by atoms with Crippen LogP contribution in [0.15, 0.2) is 90.8 Å². The van der Waals surface area contributed by atoms with Crippen molar-refractivity contribution in [3.63, 3.8) is 0 Å². The monoisotopic (exact) mass is 813 g/mol. The van der Waals surface area contributed by atoms with E-state index in [0.717, 1.165) is 42.3 Å². The first-order chi connectivity index (χ1) is 21.2. The van der Waals surface area contributed by atoms with Gasteiger partial charge in [0.15, 0.2) is 5.78 Å². The van der Waals surface area contributed by atoms with E-state index in [9.17, 15) is 9.90 Å². The van der Waals surface area contributed by atoms with Gasteiger partial charge in [-0.2, -0.15) is 0 Å². The maximum Gasteiger partial charge on any atom is 0.162 e. The predicted octanol–water partition coefficient (Wildman–Crippen LogP) is 10.1. The average Bonchev–Trinajstić information content (AvgIpc) is 3.04. The minimum Gasteiger partial charge on any atom is -0.512 e. The van der Waals surface area contributed by atoms with Crippen LogP contribution in [0, 0.1) is 17.4 Å². The number of ketones is 1. The Kier molecular flexibility index (Phi) is 14.4. The summed E-state index contributed by atoms with van der Waals surface area (Å²) in [4.78, 5) is 16.6. The van der Waals surface area contributed by atoms with Crippen molar-refractivity contribution in [2.24, 2.45) is 11.3 Å². The normalized spacial score (nSPS) is 12.4. The van der Waals surface area contributed by atoms with Crippen molar-refractivity contribution in [2.45, 2.75) is 99.6 Å². The molecule has 249 valence electrons. The number of carbonyl (C=O) groups is 1. The summed E-state index contributed by atoms with van der Waals surface area (Å²) in [5.74, 6) is 0.366. The molecule has 1 heterocycles. The van der Waals surface area contributed by atoms with Gasteiger partial charge in [0.2, 0.25) is 0 Å². The van der Waals surface area contributed by atoms with Gasteiger partial charge >= 0.3 is 0 Å². The molecule has 0 aliphatic heterocycles. The van der Waals surface area contributed by atoms with Gasteiger partial charge in [-0.3, -0.25) is 9.78 Å². The maximum absolute atomic E-state index is 11.9. The van der Waals surface area contributed by atoms with Crippen LogP contribution in [0.25, 0.3) is 22.0 Å². The number of hydrogen-bond acceptors (Lipinski definition) is 3. The van der Waals surface area contributed by atoms with Crippen molar-refractivity contribution >= 4 is 35.0 Å². The number of allylic oxidation sites excluding steroid dienone is 2. The molecule has 4 rings (SSSR count). The summed E-state index contributed by atoms with van der Waals surface area (Å²) in [6, 6.07) is 29.8. The molecule has 0 atom stereocenters. The van der Waals surface area contributed by atoms with E-state index in [0.29, 0.717) is 0 Å². The number of rotatable bonds is 10. The first-order valence-electron chi connectivity index (χ1n) is 16.6. The van der Waals surface area contributed by atoms with Gasteiger partial charge in [-0.05, 0) is 37.2 Å². The van der Waals surface area contributed by atoms with Crippen LogP contribution in [0.4, 0.5) is 0 Å². The van der Waals surface area contributed by atoms with Crippen molar-refractivity contribution in [3.05, 3.63) is 102 Å². The summed E-state index contributed by atoms with van der Waals surface area (Å²) in [7, 11) is -1.78. The van der Waals surface area contributed by atoms with Gasteiger partial charge < -0.3 is 5.11 Å². The Morgan fingerprint density at radius 1 is 0.870 bits per heavy atom. The number of aromatic nitrogens is 1. The number of carbonyl (C=O) groups excluding carboxylic acids is 1. The molecule has 0 bridgehead atoms. The van der Waals surface area contributed by atoms with E-state index in [1.807, 2.05) is 40.8 Å². The average molecular weight is 813 g/mol. The molecule has 4 aromatic rings. The first kappa shape index (κ1) is 39.3. The van der Waals surface area contributed by atoms with Gasteiger partial charge in [0.1, 0.15) is 13.8 Å². The SMILES string of the molecule is CC(C)(C)c1cc(-c2cc([Si](C)(C)c3ccccc3)ccn2)[c-]c2ccccc12.CCC(CC)C(=O)/C=C(\O)C(C)(CC)CC.[Ir]. The van der Waals surface area contributed by atoms with E-state index in [1.54, 1.807) is 0 Å². The van der Waals surface area contributed by atoms with Crippen molar-refractivity contribution < 1.29 is 30.0 Å². The molecule has 1 radical (unpaired) electrons. The third kappa shape index (κ3) is 9.37. The molecule has 46 heavy (non-hydrogen) atoms. The molecule has 1 aromatic heterocycles. The summed E-state index contributed by atoms with van der Waals surface area (Å²) in [6.07, 6.45) is 6.79. The first-order valence-corrected chi connectivity index (χ1v) is 19.6. The zero-order valence-corrected chi connectivity index (χ0v) is 33.0. The van der Waals surface area contributed by atoms with E-state index in [4.69, 9.17) is 4.98 Å². The molecule has 0 unspecified atom stereocenters. The molecule has 0 amide bonds. The third-order valence-electron chi connectivity index (χ3n) is 9.68. The van der Waals surface area contributed by atoms with E-state index < -0.39 is 8.07 Å². The predicted molar refractivity (Wildman–Crippen MR) is 196 cm³/mol. The van der Waals surface area contributed by atoms with Gasteiger partial charge in [0, 0.05) is 49.4 Å². The Morgan fingerprint density at radius 2 is 1.46 bits per heavy atom. The minimum absolute atomic E-state index is 0. The van der Waals surface area contributed by atoms with Crippen LogP contribution in [0.1, 0.15) is 86.6 Å². The molecule has 0 aliphatic rings. The Hall–Kier alpha value is -2.85. The van der Waals surface area contributed by atoms with E-state index >= 15 is 0 Å². The number of pyridine rings is 1. The number of fused-ring (bicyclic) bond motifs is 1. The molecule has 0 spiro atoms. The van der Waals surface area contributed by atoms with E-state index in [-0.39, 0.29) is 48.4 Å². The summed E-state index contributed by atoms with van der Waals surface area (Å²) in [5.41, 5.74) is 3.23. The fraction of sp³-hybridized carbons (Fsp3) is 0.415. The Balaban J connectivity index is 0.000000373. The Morgan fingerprint density at radius 3 is 2.02 bits per heavy atom. The van der Waals surface area contributed by atoms with E-state index in [2.05, 4.69) is 113 Å². The number of aliphatic hydroxyl groups is 1. The van der Waals surface area contributed by atoms with Crippen molar-refractivity contribution in [1.29, 1.82) is 0 Å². The Bertz CT molecular complexity index is 1600. The minimum atomic E-state index is -1.78. The number of hydrogen-bond donors (Lipinski definition) is 1.